The van der Waals surface area contributed by atoms with Crippen molar-refractivity contribution in [3.05, 3.63) is 54.4 Å². The highest BCUT2D eigenvalue weighted by Crippen LogP contribution is 2.27. The molecule has 2 aromatic rings. The summed E-state index contributed by atoms with van der Waals surface area (Å²) >= 11 is 0. The summed E-state index contributed by atoms with van der Waals surface area (Å²) in [7, 11) is -3.76. The Labute approximate surface area is 176 Å². The van der Waals surface area contributed by atoms with Gasteiger partial charge in [0, 0.05) is 36.6 Å². The predicted octanol–water partition coefficient (Wildman–Crippen LogP) is 2.83. The van der Waals surface area contributed by atoms with Gasteiger partial charge in [-0.2, -0.15) is 0 Å². The monoisotopic (exact) mass is 430 g/mol. The first-order chi connectivity index (χ1) is 14.3. The summed E-state index contributed by atoms with van der Waals surface area (Å²) in [5, 5.41) is 5.37. The summed E-state index contributed by atoms with van der Waals surface area (Å²) in [6.07, 6.45) is 6.51. The zero-order valence-corrected chi connectivity index (χ0v) is 17.6. The average Bonchev–Trinajstić information content (AvgIpc) is 2.73. The summed E-state index contributed by atoms with van der Waals surface area (Å²) in [6.45, 7) is 1.84. The van der Waals surface area contributed by atoms with Crippen LogP contribution in [0.4, 0.5) is 10.5 Å². The molecule has 1 aromatic carbocycles. The van der Waals surface area contributed by atoms with E-state index in [0.29, 0.717) is 25.1 Å². The average molecular weight is 431 g/mol. The maximum absolute atomic E-state index is 12.7. The summed E-state index contributed by atoms with van der Waals surface area (Å²) in [6, 6.07) is 8.78. The normalized spacial score (nSPS) is 19.1. The molecule has 0 aliphatic heterocycles. The Morgan fingerprint density at radius 1 is 1.10 bits per heavy atom. The van der Waals surface area contributed by atoms with Gasteiger partial charge in [-0.1, -0.05) is 18.9 Å². The van der Waals surface area contributed by atoms with E-state index in [1.165, 1.54) is 31.2 Å². The number of nitrogens with one attached hydrogen (secondary N) is 3. The lowest BCUT2D eigenvalue weighted by atomic mass is 9.83. The molecule has 30 heavy (non-hydrogen) atoms. The van der Waals surface area contributed by atoms with Gasteiger partial charge in [-0.15, -0.1) is 0 Å². The van der Waals surface area contributed by atoms with Gasteiger partial charge in [0.05, 0.1) is 4.90 Å². The van der Waals surface area contributed by atoms with Crippen LogP contribution < -0.4 is 15.4 Å². The second kappa shape index (κ2) is 9.82. The van der Waals surface area contributed by atoms with Crippen molar-refractivity contribution in [2.45, 2.75) is 50.1 Å². The van der Waals surface area contributed by atoms with Crippen LogP contribution in [-0.2, 0) is 21.4 Å². The minimum absolute atomic E-state index is 0.0132. The SMILES string of the molecule is CC(=O)C1CCCCC1NS(=O)(=O)c1ccc(NC(=O)NCc2cccnc2)cc1. The number of ketones is 1. The first-order valence-corrected chi connectivity index (χ1v) is 11.4. The Balaban J connectivity index is 1.58. The molecule has 0 bridgehead atoms. The molecule has 1 heterocycles. The van der Waals surface area contributed by atoms with Crippen LogP contribution in [0.5, 0.6) is 0 Å². The fourth-order valence-electron chi connectivity index (χ4n) is 3.60. The van der Waals surface area contributed by atoms with E-state index in [-0.39, 0.29) is 22.6 Å². The largest absolute Gasteiger partial charge is 0.334 e. The number of rotatable bonds is 7. The van der Waals surface area contributed by atoms with Gasteiger partial charge in [0.25, 0.3) is 0 Å². The van der Waals surface area contributed by atoms with Crippen LogP contribution in [0.1, 0.15) is 38.2 Å². The zero-order chi connectivity index (χ0) is 21.6. The number of hydrogen-bond acceptors (Lipinski definition) is 5. The number of nitrogens with zero attached hydrogens (tertiary/aromatic N) is 1. The van der Waals surface area contributed by atoms with E-state index < -0.39 is 16.1 Å². The number of Topliss-reactive ketones (excluding diaryl/α,β-unsaturated/α-hetero) is 1. The maximum atomic E-state index is 12.7. The molecule has 160 valence electrons. The molecule has 1 aliphatic carbocycles. The van der Waals surface area contributed by atoms with Crippen molar-refractivity contribution in [2.24, 2.45) is 5.92 Å². The molecule has 3 rings (SSSR count). The molecule has 9 heteroatoms. The van der Waals surface area contributed by atoms with E-state index in [1.807, 2.05) is 6.07 Å². The van der Waals surface area contributed by atoms with Gasteiger partial charge in [0.2, 0.25) is 10.0 Å². The lowest BCUT2D eigenvalue weighted by Crippen LogP contribution is -2.44. The number of aromatic nitrogens is 1. The molecule has 0 radical (unpaired) electrons. The first kappa shape index (κ1) is 21.9. The lowest BCUT2D eigenvalue weighted by molar-refractivity contribution is -0.122. The van der Waals surface area contributed by atoms with Crippen LogP contribution in [-0.4, -0.2) is 31.3 Å². The molecule has 0 saturated heterocycles. The number of amides is 2. The molecular formula is C21H26N4O4S. The number of sulfonamides is 1. The molecule has 2 unspecified atom stereocenters. The van der Waals surface area contributed by atoms with Crippen molar-refractivity contribution in [2.75, 3.05) is 5.32 Å². The van der Waals surface area contributed by atoms with Crippen LogP contribution in [0.25, 0.3) is 0 Å². The Kier molecular flexibility index (Phi) is 7.17. The number of pyridine rings is 1. The van der Waals surface area contributed by atoms with E-state index in [9.17, 15) is 18.0 Å². The molecule has 1 fully saturated rings. The Morgan fingerprint density at radius 2 is 1.83 bits per heavy atom. The van der Waals surface area contributed by atoms with Crippen molar-refractivity contribution in [1.82, 2.24) is 15.0 Å². The predicted molar refractivity (Wildman–Crippen MR) is 113 cm³/mol. The van der Waals surface area contributed by atoms with Crippen LogP contribution in [0, 0.1) is 5.92 Å². The van der Waals surface area contributed by atoms with Gasteiger partial charge < -0.3 is 10.6 Å². The number of hydrogen-bond donors (Lipinski definition) is 3. The van der Waals surface area contributed by atoms with Crippen molar-refractivity contribution >= 4 is 27.5 Å². The number of carbonyl (C=O) groups is 2. The van der Waals surface area contributed by atoms with Crippen molar-refractivity contribution in [3.63, 3.8) is 0 Å². The van der Waals surface area contributed by atoms with Crippen molar-refractivity contribution < 1.29 is 18.0 Å². The molecule has 1 aromatic heterocycles. The quantitative estimate of drug-likeness (QED) is 0.624. The topological polar surface area (TPSA) is 117 Å². The summed E-state index contributed by atoms with van der Waals surface area (Å²) in [4.78, 5) is 27.9. The van der Waals surface area contributed by atoms with Crippen molar-refractivity contribution in [3.8, 4) is 0 Å². The Hall–Kier alpha value is -2.78. The van der Waals surface area contributed by atoms with Gasteiger partial charge in [-0.25, -0.2) is 17.9 Å². The van der Waals surface area contributed by atoms with Gasteiger partial charge in [-0.05, 0) is 55.7 Å². The third-order valence-corrected chi connectivity index (χ3v) is 6.70. The van der Waals surface area contributed by atoms with Crippen molar-refractivity contribution in [1.29, 1.82) is 0 Å². The third-order valence-electron chi connectivity index (χ3n) is 5.19. The van der Waals surface area contributed by atoms with E-state index in [1.54, 1.807) is 18.5 Å². The summed E-state index contributed by atoms with van der Waals surface area (Å²) < 4.78 is 28.2. The fraction of sp³-hybridized carbons (Fsp3) is 0.381. The lowest BCUT2D eigenvalue weighted by Gasteiger charge is -2.30. The van der Waals surface area contributed by atoms with E-state index in [2.05, 4.69) is 20.3 Å². The number of carbonyl (C=O) groups excluding carboxylic acids is 2. The van der Waals surface area contributed by atoms with Crippen LogP contribution in [0.2, 0.25) is 0 Å². The molecule has 2 atom stereocenters. The Morgan fingerprint density at radius 3 is 2.50 bits per heavy atom. The van der Waals surface area contributed by atoms with Gasteiger partial charge in [0.1, 0.15) is 5.78 Å². The summed E-state index contributed by atoms with van der Waals surface area (Å²) in [5.74, 6) is -0.266. The van der Waals surface area contributed by atoms with Crippen LogP contribution in [0.15, 0.2) is 53.7 Å². The molecule has 3 N–H and O–H groups in total. The van der Waals surface area contributed by atoms with Gasteiger partial charge >= 0.3 is 6.03 Å². The molecule has 8 nitrogen and oxygen atoms in total. The highest BCUT2D eigenvalue weighted by atomic mass is 32.2. The van der Waals surface area contributed by atoms with Crippen LogP contribution in [0.3, 0.4) is 0 Å². The van der Waals surface area contributed by atoms with E-state index in [0.717, 1.165) is 18.4 Å². The maximum Gasteiger partial charge on any atom is 0.319 e. The molecule has 0 spiro atoms. The first-order valence-electron chi connectivity index (χ1n) is 9.92. The molecule has 1 saturated carbocycles. The minimum atomic E-state index is -3.76. The summed E-state index contributed by atoms with van der Waals surface area (Å²) in [5.41, 5.74) is 1.34. The smallest absolute Gasteiger partial charge is 0.319 e. The third kappa shape index (κ3) is 5.87. The molecule has 1 aliphatic rings. The number of anilines is 1. The minimum Gasteiger partial charge on any atom is -0.334 e. The number of urea groups is 1. The second-order valence-electron chi connectivity index (χ2n) is 7.42. The van der Waals surface area contributed by atoms with Crippen LogP contribution >= 0.6 is 0 Å². The zero-order valence-electron chi connectivity index (χ0n) is 16.8. The van der Waals surface area contributed by atoms with E-state index in [4.69, 9.17) is 0 Å². The highest BCUT2D eigenvalue weighted by molar-refractivity contribution is 7.89. The standard InChI is InChI=1S/C21H26N4O4S/c1-15(26)19-6-2-3-7-20(19)25-30(28,29)18-10-8-17(9-11-18)24-21(27)23-14-16-5-4-12-22-13-16/h4-5,8-13,19-20,25H,2-3,6-7,14H2,1H3,(H2,23,24,27). The van der Waals surface area contributed by atoms with E-state index >= 15 is 0 Å². The molecule has 2 amide bonds. The highest BCUT2D eigenvalue weighted by Gasteiger charge is 2.32. The van der Waals surface area contributed by atoms with Gasteiger partial charge in [0.15, 0.2) is 0 Å². The second-order valence-corrected chi connectivity index (χ2v) is 9.14. The number of benzene rings is 1. The Bertz CT molecular complexity index is 978. The van der Waals surface area contributed by atoms with Gasteiger partial charge in [-0.3, -0.25) is 9.78 Å². The fourth-order valence-corrected chi connectivity index (χ4v) is 4.91. The molecular weight excluding hydrogens is 404 g/mol.